The van der Waals surface area contributed by atoms with Gasteiger partial charge in [-0.05, 0) is 49.3 Å². The number of benzene rings is 1. The van der Waals surface area contributed by atoms with Gasteiger partial charge in [-0.1, -0.05) is 35.9 Å². The average Bonchev–Trinajstić information content (AvgIpc) is 2.21. The number of allylic oxidation sites excluding steroid dienone is 1. The molecule has 1 saturated carbocycles. The molecule has 1 aliphatic rings. The van der Waals surface area contributed by atoms with Crippen LogP contribution in [-0.4, -0.2) is 0 Å². The van der Waals surface area contributed by atoms with Crippen LogP contribution >= 0.6 is 11.6 Å². The molecule has 0 aromatic heterocycles. The molecule has 0 saturated heterocycles. The minimum Gasteiger partial charge on any atom is -0.0999 e. The summed E-state index contributed by atoms with van der Waals surface area (Å²) in [6.45, 7) is 4.04. The van der Waals surface area contributed by atoms with E-state index in [1.54, 1.807) is 0 Å². The van der Waals surface area contributed by atoms with Crippen LogP contribution in [0.25, 0.3) is 0 Å². The van der Waals surface area contributed by atoms with Gasteiger partial charge in [-0.25, -0.2) is 0 Å². The summed E-state index contributed by atoms with van der Waals surface area (Å²) in [7, 11) is 0. The van der Waals surface area contributed by atoms with E-state index in [2.05, 4.69) is 18.7 Å². The molecule has 74 valence electrons. The van der Waals surface area contributed by atoms with Crippen LogP contribution in [0.5, 0.6) is 0 Å². The van der Waals surface area contributed by atoms with Gasteiger partial charge in [0.2, 0.25) is 0 Å². The predicted octanol–water partition coefficient (Wildman–Crippen LogP) is 4.55. The second-order valence-electron chi connectivity index (χ2n) is 4.08. The van der Waals surface area contributed by atoms with Gasteiger partial charge in [-0.3, -0.25) is 0 Å². The van der Waals surface area contributed by atoms with E-state index >= 15 is 0 Å². The first kappa shape index (κ1) is 9.79. The van der Waals surface area contributed by atoms with Crippen LogP contribution in [0, 0.1) is 0 Å². The summed E-state index contributed by atoms with van der Waals surface area (Å²) in [6, 6.07) is 8.28. The van der Waals surface area contributed by atoms with Crippen LogP contribution in [-0.2, 0) is 0 Å². The molecule has 0 aliphatic heterocycles. The van der Waals surface area contributed by atoms with Gasteiger partial charge in [-0.15, -0.1) is 0 Å². The molecule has 1 aromatic rings. The lowest BCUT2D eigenvalue weighted by Gasteiger charge is -2.23. The molecule has 2 rings (SSSR count). The first-order valence-electron chi connectivity index (χ1n) is 5.18. The normalized spacial score (nSPS) is 18.5. The highest BCUT2D eigenvalue weighted by Crippen LogP contribution is 2.34. The molecule has 0 unspecified atom stereocenters. The summed E-state index contributed by atoms with van der Waals surface area (Å²) in [5.74, 6) is 0.720. The maximum atomic E-state index is 5.86. The van der Waals surface area contributed by atoms with E-state index in [4.69, 9.17) is 11.6 Å². The van der Waals surface area contributed by atoms with E-state index in [9.17, 15) is 0 Å². The van der Waals surface area contributed by atoms with Crippen LogP contribution < -0.4 is 0 Å². The summed E-state index contributed by atoms with van der Waals surface area (Å²) in [5.41, 5.74) is 2.84. The summed E-state index contributed by atoms with van der Waals surface area (Å²) < 4.78 is 0. The Hall–Kier alpha value is -0.750. The first-order valence-corrected chi connectivity index (χ1v) is 5.55. The molecule has 0 bridgehead atoms. The van der Waals surface area contributed by atoms with Crippen molar-refractivity contribution in [2.75, 3.05) is 0 Å². The summed E-state index contributed by atoms with van der Waals surface area (Å²) >= 11 is 5.86. The molecule has 1 fully saturated rings. The van der Waals surface area contributed by atoms with E-state index in [1.807, 2.05) is 12.1 Å². The van der Waals surface area contributed by atoms with Crippen molar-refractivity contribution in [1.82, 2.24) is 0 Å². The molecule has 0 N–H and O–H groups in total. The average molecular weight is 207 g/mol. The number of hydrogen-bond donors (Lipinski definition) is 0. The smallest absolute Gasteiger partial charge is 0.0406 e. The molecule has 0 radical (unpaired) electrons. The third-order valence-electron chi connectivity index (χ3n) is 3.03. The summed E-state index contributed by atoms with van der Waals surface area (Å²) in [4.78, 5) is 0. The fourth-order valence-electron chi connectivity index (χ4n) is 2.09. The zero-order valence-electron chi connectivity index (χ0n) is 8.30. The largest absolute Gasteiger partial charge is 0.0999 e. The molecular weight excluding hydrogens is 192 g/mol. The zero-order valence-corrected chi connectivity index (χ0v) is 9.06. The molecule has 14 heavy (non-hydrogen) atoms. The highest BCUT2D eigenvalue weighted by molar-refractivity contribution is 6.30. The minimum atomic E-state index is 0.720. The molecule has 0 heterocycles. The monoisotopic (exact) mass is 206 g/mol. The Balaban J connectivity index is 2.08. The van der Waals surface area contributed by atoms with E-state index in [0.29, 0.717) is 0 Å². The molecule has 1 heteroatoms. The maximum absolute atomic E-state index is 5.86. The Morgan fingerprint density at radius 3 is 2.21 bits per heavy atom. The predicted molar refractivity (Wildman–Crippen MR) is 61.8 cm³/mol. The van der Waals surface area contributed by atoms with Crippen molar-refractivity contribution in [1.29, 1.82) is 0 Å². The van der Waals surface area contributed by atoms with Crippen LogP contribution in [0.2, 0.25) is 5.02 Å². The number of hydrogen-bond acceptors (Lipinski definition) is 0. The van der Waals surface area contributed by atoms with E-state index in [1.165, 1.54) is 36.8 Å². The lowest BCUT2D eigenvalue weighted by atomic mass is 9.82. The van der Waals surface area contributed by atoms with Crippen LogP contribution in [0.4, 0.5) is 0 Å². The lowest BCUT2D eigenvalue weighted by Crippen LogP contribution is -2.05. The van der Waals surface area contributed by atoms with E-state index in [0.717, 1.165) is 10.9 Å². The molecule has 0 nitrogen and oxygen atoms in total. The van der Waals surface area contributed by atoms with E-state index in [-0.39, 0.29) is 0 Å². The van der Waals surface area contributed by atoms with Crippen molar-refractivity contribution in [3.8, 4) is 0 Å². The van der Waals surface area contributed by atoms with Gasteiger partial charge in [0.1, 0.15) is 0 Å². The Kier molecular flexibility index (Phi) is 2.93. The molecule has 1 aliphatic carbocycles. The second-order valence-corrected chi connectivity index (χ2v) is 4.51. The highest BCUT2D eigenvalue weighted by Gasteiger charge is 2.16. The lowest BCUT2D eigenvalue weighted by molar-refractivity contribution is 0.518. The third-order valence-corrected chi connectivity index (χ3v) is 3.29. The molecule has 0 atom stereocenters. The Bertz CT molecular complexity index is 314. The van der Waals surface area contributed by atoms with Crippen LogP contribution in [0.3, 0.4) is 0 Å². The third kappa shape index (κ3) is 2.19. The second kappa shape index (κ2) is 4.18. The van der Waals surface area contributed by atoms with Gasteiger partial charge in [0.15, 0.2) is 0 Å². The van der Waals surface area contributed by atoms with Crippen molar-refractivity contribution in [2.24, 2.45) is 0 Å². The Labute approximate surface area is 90.6 Å². The van der Waals surface area contributed by atoms with Gasteiger partial charge < -0.3 is 0 Å². The fourth-order valence-corrected chi connectivity index (χ4v) is 2.22. The molecule has 0 amide bonds. The maximum Gasteiger partial charge on any atom is 0.0406 e. The van der Waals surface area contributed by atoms with Gasteiger partial charge in [0.25, 0.3) is 0 Å². The van der Waals surface area contributed by atoms with Gasteiger partial charge >= 0.3 is 0 Å². The van der Waals surface area contributed by atoms with Crippen molar-refractivity contribution >= 4 is 11.6 Å². The van der Waals surface area contributed by atoms with Crippen molar-refractivity contribution in [2.45, 2.75) is 31.6 Å². The zero-order chi connectivity index (χ0) is 9.97. The number of rotatable bonds is 1. The van der Waals surface area contributed by atoms with E-state index < -0.39 is 0 Å². The molecule has 1 aromatic carbocycles. The molecule has 0 spiro atoms. The molecular formula is C13H15Cl. The van der Waals surface area contributed by atoms with Crippen molar-refractivity contribution in [3.05, 3.63) is 47.0 Å². The standard InChI is InChI=1S/C13H15Cl/c1-10-2-4-11(5-3-10)12-6-8-13(14)9-7-12/h6-9,11H,1-5H2. The SMILES string of the molecule is C=C1CCC(c2ccc(Cl)cc2)CC1. The van der Waals surface area contributed by atoms with Gasteiger partial charge in [-0.2, -0.15) is 0 Å². The Morgan fingerprint density at radius 1 is 1.07 bits per heavy atom. The fraction of sp³-hybridized carbons (Fsp3) is 0.385. The Morgan fingerprint density at radius 2 is 1.64 bits per heavy atom. The van der Waals surface area contributed by atoms with Crippen molar-refractivity contribution < 1.29 is 0 Å². The van der Waals surface area contributed by atoms with Crippen molar-refractivity contribution in [3.63, 3.8) is 0 Å². The minimum absolute atomic E-state index is 0.720. The highest BCUT2D eigenvalue weighted by atomic mass is 35.5. The van der Waals surface area contributed by atoms with Crippen LogP contribution in [0.1, 0.15) is 37.2 Å². The van der Waals surface area contributed by atoms with Crippen LogP contribution in [0.15, 0.2) is 36.4 Å². The number of halogens is 1. The van der Waals surface area contributed by atoms with Gasteiger partial charge in [0.05, 0.1) is 0 Å². The topological polar surface area (TPSA) is 0 Å². The first-order chi connectivity index (χ1) is 6.75. The summed E-state index contributed by atoms with van der Waals surface area (Å²) in [6.07, 6.45) is 4.88. The quantitative estimate of drug-likeness (QED) is 0.592. The van der Waals surface area contributed by atoms with Gasteiger partial charge in [0, 0.05) is 5.02 Å². The summed E-state index contributed by atoms with van der Waals surface area (Å²) in [5, 5.41) is 0.828.